The second kappa shape index (κ2) is 30.1. The van der Waals surface area contributed by atoms with Crippen molar-refractivity contribution in [3.63, 3.8) is 0 Å². The maximum atomic E-state index is 10.2. The average Bonchev–Trinajstić information content (AvgIpc) is 1.59. The van der Waals surface area contributed by atoms with Crippen molar-refractivity contribution in [2.24, 2.45) is 0 Å². The number of ether oxygens (including phenoxy) is 1. The minimum absolute atomic E-state index is 0.589. The molecule has 1 aliphatic rings. The van der Waals surface area contributed by atoms with Crippen LogP contribution in [0.2, 0.25) is 0 Å². The molecular weight excluding hydrogens is 1550 g/mol. The Kier molecular flexibility index (Phi) is 17.4. The first-order valence-corrected chi connectivity index (χ1v) is 42.3. The zero-order valence-corrected chi connectivity index (χ0v) is 68.2. The van der Waals surface area contributed by atoms with E-state index in [1.807, 2.05) is 109 Å². The summed E-state index contributed by atoms with van der Waals surface area (Å²) in [6, 6.07) is 150. The summed E-state index contributed by atoms with van der Waals surface area (Å²) < 4.78 is 13.7. The molecule has 0 bridgehead atoms. The maximum Gasteiger partial charge on any atom is 0.151 e. The highest BCUT2D eigenvalue weighted by atomic mass is 16.5. The van der Waals surface area contributed by atoms with E-state index in [9.17, 15) is 10.5 Å². The smallest absolute Gasteiger partial charge is 0.151 e. The lowest BCUT2D eigenvalue weighted by molar-refractivity contribution is 0.477. The molecule has 24 rings (SSSR count). The molecule has 0 aliphatic carbocycles. The first-order chi connectivity index (χ1) is 62.8. The van der Waals surface area contributed by atoms with E-state index in [1.165, 1.54) is 0 Å². The van der Waals surface area contributed by atoms with Crippen LogP contribution in [-0.4, -0.2) is 33.6 Å². The molecule has 5 aromatic heterocycles. The summed E-state index contributed by atoms with van der Waals surface area (Å²) >= 11 is 0. The molecular formula is C114H70N12O. The van der Waals surface area contributed by atoms with Crippen molar-refractivity contribution in [1.82, 2.24) is 33.6 Å². The summed E-state index contributed by atoms with van der Waals surface area (Å²) in [6.45, 7) is 0. The van der Waals surface area contributed by atoms with Crippen molar-refractivity contribution in [1.29, 1.82) is 10.5 Å². The predicted octanol–water partition coefficient (Wildman–Crippen LogP) is 29.5. The molecule has 0 radical (unpaired) electrons. The Morgan fingerprint density at radius 2 is 0.614 bits per heavy atom. The Morgan fingerprint density at radius 1 is 0.236 bits per heavy atom. The number of para-hydroxylation sites is 9. The Labute approximate surface area is 730 Å². The van der Waals surface area contributed by atoms with E-state index in [2.05, 4.69) is 356 Å². The zero-order valence-electron chi connectivity index (χ0n) is 68.2. The molecule has 1 aliphatic heterocycles. The van der Waals surface area contributed by atoms with E-state index in [1.54, 1.807) is 0 Å². The zero-order chi connectivity index (χ0) is 84.2. The molecule has 6 heterocycles. The van der Waals surface area contributed by atoms with Gasteiger partial charge in [-0.1, -0.05) is 176 Å². The third-order valence-corrected chi connectivity index (χ3v) is 24.7. The van der Waals surface area contributed by atoms with Crippen LogP contribution in [-0.2, 0) is 0 Å². The van der Waals surface area contributed by atoms with Crippen molar-refractivity contribution in [2.45, 2.75) is 0 Å². The molecule has 592 valence electrons. The van der Waals surface area contributed by atoms with Crippen LogP contribution >= 0.6 is 0 Å². The minimum atomic E-state index is 0.589. The molecule has 0 atom stereocenters. The fourth-order valence-corrected chi connectivity index (χ4v) is 18.7. The lowest BCUT2D eigenvalue weighted by atomic mass is 9.99. The number of nitriles is 2. The summed E-state index contributed by atoms with van der Waals surface area (Å²) in [5.74, 6) is 1.53. The highest BCUT2D eigenvalue weighted by Crippen LogP contribution is 2.53. The van der Waals surface area contributed by atoms with E-state index in [-0.39, 0.29) is 0 Å². The number of anilines is 9. The molecule has 0 saturated heterocycles. The van der Waals surface area contributed by atoms with Crippen LogP contribution in [0.1, 0.15) is 11.1 Å². The number of hydrogen-bond donors (Lipinski definition) is 0. The van der Waals surface area contributed by atoms with E-state index in [0.717, 1.165) is 223 Å². The predicted molar refractivity (Wildman–Crippen MR) is 516 cm³/mol. The minimum Gasteiger partial charge on any atom is -0.453 e. The van der Waals surface area contributed by atoms with Gasteiger partial charge in [-0.2, -0.15) is 10.5 Å². The fourth-order valence-electron chi connectivity index (χ4n) is 18.7. The monoisotopic (exact) mass is 1620 g/mol. The SMILES string of the molecule is N#Cc1cccc(-n2c3ccccc3c3cc(-c4ccc5c(c4)c4cc(-c6ccc(N(c7ccccc7)c7ccc8c(c7)c7cc(N(c9ccccc9)c9cccc(-c%10ccc%11c(c%10)N(c%10ccc(-c%12cnc%13ccccc%13n%12)cc%10)c%10ccccc%10O%11)c9)ccc7n8-c7ccc(-c8cnc9ccccc9n8)cc7)cc6)ccc4n5-c4cccc(C#N)c4)ccc32)c1. The highest BCUT2D eigenvalue weighted by Gasteiger charge is 2.29. The Morgan fingerprint density at radius 3 is 1.18 bits per heavy atom. The van der Waals surface area contributed by atoms with Gasteiger partial charge in [-0.3, -0.25) is 9.97 Å². The summed E-state index contributed by atoms with van der Waals surface area (Å²) in [7, 11) is 0. The molecule has 23 aromatic rings. The van der Waals surface area contributed by atoms with Gasteiger partial charge in [0.15, 0.2) is 11.5 Å². The van der Waals surface area contributed by atoms with Gasteiger partial charge in [0.1, 0.15) is 0 Å². The second-order valence-corrected chi connectivity index (χ2v) is 32.1. The number of aromatic nitrogens is 7. The largest absolute Gasteiger partial charge is 0.453 e. The summed E-state index contributed by atoms with van der Waals surface area (Å²) in [4.78, 5) is 26.6. The maximum absolute atomic E-state index is 10.2. The fraction of sp³-hybridized carbons (Fsp3) is 0. The Hall–Kier alpha value is -17.8. The van der Waals surface area contributed by atoms with Crippen molar-refractivity contribution >= 4 is 139 Å². The van der Waals surface area contributed by atoms with Crippen LogP contribution in [0.15, 0.2) is 425 Å². The van der Waals surface area contributed by atoms with Crippen molar-refractivity contribution in [3.8, 4) is 96.6 Å². The molecule has 18 aromatic carbocycles. The Bertz CT molecular complexity index is 8480. The van der Waals surface area contributed by atoms with Crippen LogP contribution in [0.3, 0.4) is 0 Å². The van der Waals surface area contributed by atoms with Gasteiger partial charge in [-0.15, -0.1) is 0 Å². The van der Waals surface area contributed by atoms with Gasteiger partial charge < -0.3 is 33.1 Å². The van der Waals surface area contributed by atoms with Gasteiger partial charge in [0.2, 0.25) is 0 Å². The molecule has 0 amide bonds. The lowest BCUT2D eigenvalue weighted by Crippen LogP contribution is -2.15. The third kappa shape index (κ3) is 12.7. The van der Waals surface area contributed by atoms with E-state index in [0.29, 0.717) is 11.1 Å². The first-order valence-electron chi connectivity index (χ1n) is 42.3. The number of fused-ring (bicyclic) bond motifs is 13. The second-order valence-electron chi connectivity index (χ2n) is 32.1. The molecule has 13 nitrogen and oxygen atoms in total. The average molecular weight is 1620 g/mol. The van der Waals surface area contributed by atoms with Crippen LogP contribution in [0.25, 0.3) is 160 Å². The quantitative estimate of drug-likeness (QED) is 0.0977. The van der Waals surface area contributed by atoms with Gasteiger partial charge in [0.05, 0.1) is 114 Å². The molecule has 0 N–H and O–H groups in total. The van der Waals surface area contributed by atoms with Crippen LogP contribution in [0, 0.1) is 22.7 Å². The number of benzene rings is 18. The summed E-state index contributed by atoms with van der Waals surface area (Å²) in [6.07, 6.45) is 3.71. The van der Waals surface area contributed by atoms with E-state index in [4.69, 9.17) is 24.7 Å². The topological polar surface area (TPSA) is 133 Å². The number of rotatable bonds is 15. The number of nitrogens with zero attached hydrogens (tertiary/aromatic N) is 12. The van der Waals surface area contributed by atoms with Crippen molar-refractivity contribution in [3.05, 3.63) is 436 Å². The molecule has 0 fully saturated rings. The summed E-state index contributed by atoms with van der Waals surface area (Å²) in [5.41, 5.74) is 32.4. The van der Waals surface area contributed by atoms with Gasteiger partial charge >= 0.3 is 0 Å². The first kappa shape index (κ1) is 73.2. The van der Waals surface area contributed by atoms with Crippen LogP contribution in [0.4, 0.5) is 51.2 Å². The standard InChI is InChI=1S/C114H70N12O/c115-69-73-18-15-25-88(60-73)125-105-33-12-7-28-93(105)94-64-80(43-55-106(94)125)81-44-56-108-96(65-81)95-63-79(42-54-107(95)126(108)89-26-16-19-74(61-89)70-116)75-36-46-85(47-37-75)121(83-21-3-1-4-22-83)91-52-57-109-97(67-91)98-68-92(53-58-110(98)123(109)86-48-38-76(39-49-86)103-71-117-99-29-8-10-31-101(99)119-103)122(84-23-5-2-6-24-84)90-27-17-20-78(62-90)82-45-59-114-112(66-82)124(111-34-13-14-35-113(111)127-114)87-50-40-77(41-51-87)104-72-118-100-30-9-11-32-102(100)120-104/h1-68,71-72H. The third-order valence-electron chi connectivity index (χ3n) is 24.7. The van der Waals surface area contributed by atoms with Gasteiger partial charge in [-0.25, -0.2) is 9.97 Å². The van der Waals surface area contributed by atoms with Gasteiger partial charge in [-0.05, 0) is 270 Å². The molecule has 13 heteroatoms. The van der Waals surface area contributed by atoms with Crippen molar-refractivity contribution < 1.29 is 4.74 Å². The normalized spacial score (nSPS) is 11.8. The Balaban J connectivity index is 0.613. The molecule has 127 heavy (non-hydrogen) atoms. The molecule has 0 unspecified atom stereocenters. The summed E-state index contributed by atoms with van der Waals surface area (Å²) in [5, 5.41) is 26.7. The van der Waals surface area contributed by atoms with E-state index < -0.39 is 0 Å². The van der Waals surface area contributed by atoms with Crippen molar-refractivity contribution in [2.75, 3.05) is 14.7 Å². The van der Waals surface area contributed by atoms with E-state index >= 15 is 0 Å². The molecule has 0 saturated carbocycles. The van der Waals surface area contributed by atoms with Gasteiger partial charge in [0.25, 0.3) is 0 Å². The highest BCUT2D eigenvalue weighted by molar-refractivity contribution is 6.15. The van der Waals surface area contributed by atoms with Gasteiger partial charge in [0, 0.05) is 100 Å². The van der Waals surface area contributed by atoms with Crippen LogP contribution in [0.5, 0.6) is 11.5 Å². The van der Waals surface area contributed by atoms with Crippen LogP contribution < -0.4 is 19.4 Å². The number of hydrogen-bond acceptors (Lipinski definition) is 10. The molecule has 0 spiro atoms. The lowest BCUT2D eigenvalue weighted by Gasteiger charge is -2.33.